The van der Waals surface area contributed by atoms with Gasteiger partial charge in [0.15, 0.2) is 5.69 Å². The van der Waals surface area contributed by atoms with Crippen LogP contribution in [0.5, 0.6) is 0 Å². The summed E-state index contributed by atoms with van der Waals surface area (Å²) in [4.78, 5) is 15.3. The van der Waals surface area contributed by atoms with Crippen molar-refractivity contribution in [2.75, 3.05) is 0 Å². The van der Waals surface area contributed by atoms with E-state index in [0.29, 0.717) is 15.6 Å². The lowest BCUT2D eigenvalue weighted by atomic mass is 10.4. The minimum atomic E-state index is -1.02. The smallest absolute Gasteiger partial charge is 0.355 e. The van der Waals surface area contributed by atoms with Crippen molar-refractivity contribution in [2.45, 2.75) is 6.92 Å². The Labute approximate surface area is 82.6 Å². The molecule has 0 bridgehead atoms. The fourth-order valence-corrected chi connectivity index (χ4v) is 1.87. The van der Waals surface area contributed by atoms with Crippen LogP contribution in [0.25, 0.3) is 10.7 Å². The van der Waals surface area contributed by atoms with Crippen LogP contribution < -0.4 is 0 Å². The third-order valence-electron chi connectivity index (χ3n) is 1.63. The van der Waals surface area contributed by atoms with Gasteiger partial charge in [-0.2, -0.15) is 15.4 Å². The molecule has 2 rings (SSSR count). The van der Waals surface area contributed by atoms with Gasteiger partial charge in [-0.05, 0) is 6.92 Å². The highest BCUT2D eigenvalue weighted by molar-refractivity contribution is 7.15. The molecule has 0 saturated heterocycles. The molecule has 14 heavy (non-hydrogen) atoms. The van der Waals surface area contributed by atoms with Gasteiger partial charge in [-0.3, -0.25) is 0 Å². The van der Waals surface area contributed by atoms with Crippen molar-refractivity contribution in [3.63, 3.8) is 0 Å². The molecule has 0 aliphatic heterocycles. The van der Waals surface area contributed by atoms with Crippen LogP contribution >= 0.6 is 11.3 Å². The van der Waals surface area contributed by atoms with Crippen molar-refractivity contribution in [1.82, 2.24) is 20.4 Å². The normalized spacial score (nSPS) is 10.4. The first-order valence-electron chi connectivity index (χ1n) is 3.75. The van der Waals surface area contributed by atoms with E-state index < -0.39 is 5.97 Å². The quantitative estimate of drug-likeness (QED) is 0.769. The van der Waals surface area contributed by atoms with Crippen molar-refractivity contribution >= 4 is 17.3 Å². The summed E-state index contributed by atoms with van der Waals surface area (Å²) < 4.78 is 0. The van der Waals surface area contributed by atoms with Gasteiger partial charge in [0, 0.05) is 4.88 Å². The van der Waals surface area contributed by atoms with Crippen LogP contribution in [-0.4, -0.2) is 31.5 Å². The standard InChI is InChI=1S/C7H6N4O2S/c1-3-5(7(12)13)9-6(14-3)4-2-8-11-10-4/h2H,1H3,(H,12,13)(H,8,10,11). The summed E-state index contributed by atoms with van der Waals surface area (Å²) in [7, 11) is 0. The Hall–Kier alpha value is -1.76. The molecule has 7 heteroatoms. The molecule has 0 unspecified atom stereocenters. The lowest BCUT2D eigenvalue weighted by molar-refractivity contribution is 0.0690. The molecule has 0 saturated carbocycles. The zero-order valence-corrected chi connectivity index (χ0v) is 8.00. The molecule has 2 N–H and O–H groups in total. The molecule has 0 aliphatic rings. The van der Waals surface area contributed by atoms with E-state index in [1.54, 1.807) is 6.92 Å². The highest BCUT2D eigenvalue weighted by Gasteiger charge is 2.15. The van der Waals surface area contributed by atoms with E-state index in [2.05, 4.69) is 20.4 Å². The van der Waals surface area contributed by atoms with E-state index in [0.717, 1.165) is 0 Å². The second-order valence-electron chi connectivity index (χ2n) is 2.58. The Morgan fingerprint density at radius 3 is 2.93 bits per heavy atom. The van der Waals surface area contributed by atoms with Crippen LogP contribution in [0.1, 0.15) is 15.4 Å². The predicted octanol–water partition coefficient (Wildman–Crippen LogP) is 0.935. The molecule has 0 spiro atoms. The fourth-order valence-electron chi connectivity index (χ4n) is 1.01. The molecule has 72 valence electrons. The molecule has 6 nitrogen and oxygen atoms in total. The molecule has 0 radical (unpaired) electrons. The number of hydrogen-bond acceptors (Lipinski definition) is 5. The number of nitrogens with one attached hydrogen (secondary N) is 1. The molecule has 0 fully saturated rings. The van der Waals surface area contributed by atoms with Gasteiger partial charge in [0.2, 0.25) is 0 Å². The number of thiazole rings is 1. The first-order valence-corrected chi connectivity index (χ1v) is 4.57. The number of carboxylic acid groups (broad SMARTS) is 1. The van der Waals surface area contributed by atoms with Gasteiger partial charge in [0.05, 0.1) is 6.20 Å². The summed E-state index contributed by atoms with van der Waals surface area (Å²) in [5, 5.41) is 19.2. The summed E-state index contributed by atoms with van der Waals surface area (Å²) in [6, 6.07) is 0. The maximum absolute atomic E-state index is 10.7. The van der Waals surface area contributed by atoms with E-state index in [4.69, 9.17) is 5.11 Å². The lowest BCUT2D eigenvalue weighted by Crippen LogP contribution is -1.98. The number of aromatic amines is 1. The van der Waals surface area contributed by atoms with Crippen LogP contribution in [-0.2, 0) is 0 Å². The van der Waals surface area contributed by atoms with Crippen molar-refractivity contribution in [2.24, 2.45) is 0 Å². The summed E-state index contributed by atoms with van der Waals surface area (Å²) >= 11 is 1.29. The van der Waals surface area contributed by atoms with Crippen molar-refractivity contribution in [3.05, 3.63) is 16.8 Å². The van der Waals surface area contributed by atoms with Crippen molar-refractivity contribution in [1.29, 1.82) is 0 Å². The highest BCUT2D eigenvalue weighted by Crippen LogP contribution is 2.25. The van der Waals surface area contributed by atoms with Gasteiger partial charge in [-0.25, -0.2) is 9.78 Å². The number of aromatic nitrogens is 4. The first kappa shape index (κ1) is 8.82. The van der Waals surface area contributed by atoms with E-state index in [-0.39, 0.29) is 5.69 Å². The largest absolute Gasteiger partial charge is 0.476 e. The van der Waals surface area contributed by atoms with Gasteiger partial charge in [-0.1, -0.05) is 0 Å². The third-order valence-corrected chi connectivity index (χ3v) is 2.63. The monoisotopic (exact) mass is 210 g/mol. The zero-order valence-electron chi connectivity index (χ0n) is 7.18. The van der Waals surface area contributed by atoms with Gasteiger partial charge in [-0.15, -0.1) is 11.3 Å². The second kappa shape index (κ2) is 3.18. The number of carboxylic acids is 1. The molecular formula is C7H6N4O2S. The Kier molecular flexibility index (Phi) is 2.01. The number of aryl methyl sites for hydroxylation is 1. The average molecular weight is 210 g/mol. The number of carbonyl (C=O) groups is 1. The van der Waals surface area contributed by atoms with Gasteiger partial charge < -0.3 is 5.11 Å². The highest BCUT2D eigenvalue weighted by atomic mass is 32.1. The summed E-state index contributed by atoms with van der Waals surface area (Å²) in [6.07, 6.45) is 1.50. The Balaban J connectivity index is 2.48. The zero-order chi connectivity index (χ0) is 10.1. The van der Waals surface area contributed by atoms with Crippen LogP contribution in [0, 0.1) is 6.92 Å². The van der Waals surface area contributed by atoms with Gasteiger partial charge in [0.1, 0.15) is 10.7 Å². The molecule has 0 amide bonds. The van der Waals surface area contributed by atoms with E-state index in [1.165, 1.54) is 17.5 Å². The molecule has 2 aromatic heterocycles. The summed E-state index contributed by atoms with van der Waals surface area (Å²) in [5.74, 6) is -1.02. The van der Waals surface area contributed by atoms with Crippen LogP contribution in [0.4, 0.5) is 0 Å². The Morgan fingerprint density at radius 2 is 2.43 bits per heavy atom. The number of aromatic carboxylic acids is 1. The maximum atomic E-state index is 10.7. The Morgan fingerprint density at radius 1 is 1.64 bits per heavy atom. The van der Waals surface area contributed by atoms with Crippen LogP contribution in [0.3, 0.4) is 0 Å². The van der Waals surface area contributed by atoms with Crippen molar-refractivity contribution < 1.29 is 9.90 Å². The van der Waals surface area contributed by atoms with E-state index in [1.807, 2.05) is 0 Å². The Bertz CT molecular complexity index is 462. The molecule has 2 heterocycles. The van der Waals surface area contributed by atoms with Crippen LogP contribution in [0.15, 0.2) is 6.20 Å². The van der Waals surface area contributed by atoms with Gasteiger partial charge in [0.25, 0.3) is 0 Å². The molecule has 0 aliphatic carbocycles. The second-order valence-corrected chi connectivity index (χ2v) is 3.79. The number of hydrogen-bond donors (Lipinski definition) is 2. The minimum Gasteiger partial charge on any atom is -0.476 e. The number of H-pyrrole nitrogens is 1. The molecule has 2 aromatic rings. The van der Waals surface area contributed by atoms with Gasteiger partial charge >= 0.3 is 5.97 Å². The maximum Gasteiger partial charge on any atom is 0.355 e. The van der Waals surface area contributed by atoms with Crippen LogP contribution in [0.2, 0.25) is 0 Å². The first-order chi connectivity index (χ1) is 6.68. The number of nitrogens with zero attached hydrogens (tertiary/aromatic N) is 3. The number of rotatable bonds is 2. The predicted molar refractivity (Wildman–Crippen MR) is 49.2 cm³/mol. The SMILES string of the molecule is Cc1sc(-c2cn[nH]n2)nc1C(=O)O. The van der Waals surface area contributed by atoms with E-state index >= 15 is 0 Å². The minimum absolute atomic E-state index is 0.0769. The average Bonchev–Trinajstić information content (AvgIpc) is 2.70. The summed E-state index contributed by atoms with van der Waals surface area (Å²) in [5.41, 5.74) is 0.638. The molecule has 0 atom stereocenters. The lowest BCUT2D eigenvalue weighted by Gasteiger charge is -1.85. The van der Waals surface area contributed by atoms with Crippen molar-refractivity contribution in [3.8, 4) is 10.7 Å². The third kappa shape index (κ3) is 1.37. The fraction of sp³-hybridized carbons (Fsp3) is 0.143. The molecular weight excluding hydrogens is 204 g/mol. The molecule has 0 aromatic carbocycles. The summed E-state index contributed by atoms with van der Waals surface area (Å²) in [6.45, 7) is 1.71. The topological polar surface area (TPSA) is 91.8 Å². The van der Waals surface area contributed by atoms with E-state index in [9.17, 15) is 4.79 Å².